The second-order valence-corrected chi connectivity index (χ2v) is 18.1. The van der Waals surface area contributed by atoms with E-state index in [0.717, 1.165) is 50.8 Å². The molecule has 0 unspecified atom stereocenters. The molecule has 13 aromatic heterocycles. The highest BCUT2D eigenvalue weighted by atomic mass is 32.1. The van der Waals surface area contributed by atoms with Crippen LogP contribution in [0.15, 0.2) is 201 Å². The molecule has 0 radical (unpaired) electrons. The number of hydrogen-bond donors (Lipinski definition) is 2. The Labute approximate surface area is 658 Å². The average molecular weight is 1520 g/mol. The van der Waals surface area contributed by atoms with Gasteiger partial charge < -0.3 is 23.2 Å². The van der Waals surface area contributed by atoms with Crippen LogP contribution in [0, 0.1) is 90.0 Å². The fraction of sp³-hybridized carbons (Fsp3) is 0.457. The molecule has 13 aromatic rings. The molecule has 0 aromatic carbocycles. The average Bonchev–Trinajstić information content (AvgIpc) is 1.84. The third-order valence-corrected chi connectivity index (χ3v) is 9.43. The maximum Gasteiger partial charge on any atom is 0.223 e. The highest BCUT2D eigenvalue weighted by Gasteiger charge is 1.90. The lowest BCUT2D eigenvalue weighted by Crippen LogP contribution is -1.80. The van der Waals surface area contributed by atoms with E-state index in [4.69, 9.17) is 0 Å². The van der Waals surface area contributed by atoms with Crippen LogP contribution in [0.4, 0.5) is 0 Å². The second-order valence-electron chi connectivity index (χ2n) is 17.1. The van der Waals surface area contributed by atoms with Crippen molar-refractivity contribution >= 4 is 11.5 Å². The number of rotatable bonds is 0. The number of pyridine rings is 3. The molecule has 0 amide bonds. The first-order chi connectivity index (χ1) is 52.4. The van der Waals surface area contributed by atoms with E-state index in [2.05, 4.69) is 119 Å². The van der Waals surface area contributed by atoms with Gasteiger partial charge in [0.15, 0.2) is 5.82 Å². The molecule has 0 atom stereocenters. The minimum atomic E-state index is 0.623. The first-order valence-corrected chi connectivity index (χ1v) is 37.9. The lowest BCUT2D eigenvalue weighted by Gasteiger charge is -1.82. The number of H-pyrrole nitrogens is 2. The van der Waals surface area contributed by atoms with Gasteiger partial charge >= 0.3 is 0 Å². The maximum atomic E-state index is 4.60. The summed E-state index contributed by atoms with van der Waals surface area (Å²) in [5, 5.41) is 28.7. The van der Waals surface area contributed by atoms with E-state index in [-0.39, 0.29) is 0 Å². The summed E-state index contributed by atoms with van der Waals surface area (Å²) in [6.07, 6.45) is 36.0. The van der Waals surface area contributed by atoms with E-state index in [1.165, 1.54) is 29.0 Å². The van der Waals surface area contributed by atoms with Gasteiger partial charge in [-0.25, -0.2) is 29.9 Å². The largest absolute Gasteiger partial charge is 0.365 e. The summed E-state index contributed by atoms with van der Waals surface area (Å²) in [5.74, 6) is 3.87. The summed E-state index contributed by atoms with van der Waals surface area (Å²) in [6.45, 7) is 68.9. The summed E-state index contributed by atoms with van der Waals surface area (Å²) in [6, 6.07) is 19.3. The Hall–Kier alpha value is -10.7. The van der Waals surface area contributed by atoms with Crippen molar-refractivity contribution in [1.29, 1.82) is 0 Å². The number of nitrogens with zero attached hydrogens (tertiary/aromatic N) is 22. The lowest BCUT2D eigenvalue weighted by molar-refractivity contribution is 0.389. The van der Waals surface area contributed by atoms with Crippen LogP contribution >= 0.6 is 11.5 Å². The Morgan fingerprint density at radius 2 is 0.944 bits per heavy atom. The molecule has 26 nitrogen and oxygen atoms in total. The van der Waals surface area contributed by atoms with E-state index in [1.807, 2.05) is 314 Å². The van der Waals surface area contributed by atoms with Gasteiger partial charge in [-0.3, -0.25) is 30.0 Å². The van der Waals surface area contributed by atoms with Crippen LogP contribution < -0.4 is 0 Å². The fourth-order valence-electron chi connectivity index (χ4n) is 4.68. The van der Waals surface area contributed by atoms with Gasteiger partial charge in [0.05, 0.1) is 30.2 Å². The van der Waals surface area contributed by atoms with Crippen molar-refractivity contribution in [3.05, 3.63) is 265 Å². The van der Waals surface area contributed by atoms with Crippen molar-refractivity contribution in [3.8, 4) is 0 Å². The first kappa shape index (κ1) is 121. The van der Waals surface area contributed by atoms with Crippen molar-refractivity contribution in [3.63, 3.8) is 0 Å². The Bertz CT molecular complexity index is 2860. The second kappa shape index (κ2) is 107. The van der Waals surface area contributed by atoms with Gasteiger partial charge in [-0.1, -0.05) is 175 Å². The smallest absolute Gasteiger partial charge is 0.223 e. The number of aryl methyl sites for hydroxylation is 15. The van der Waals surface area contributed by atoms with Crippen molar-refractivity contribution in [1.82, 2.24) is 119 Å². The SMILES string of the molecule is CC.CC.CC.CC.CC.CC.CC.CC.CC.CC.CC.Cc1ccccn1.Cc1cccnc1.Cc1cccnn1.Cc1ccncc1.Cc1cnc[nH]1.Cc1cnccn1.Cc1cnoc1.Cc1ncccn1.Cc1ncn[nH]1.Cc1noc(C)n1.Cc1nsc(C)n1.Cn1ccnc1.Cn1cnnc1. The minimum Gasteiger partial charge on any atom is -0.365 e. The van der Waals surface area contributed by atoms with Crippen LogP contribution in [0.2, 0.25) is 0 Å². The summed E-state index contributed by atoms with van der Waals surface area (Å²) >= 11 is 1.44. The normalized spacial score (nSPS) is 7.68. The maximum absolute atomic E-state index is 4.60. The zero-order chi connectivity index (χ0) is 85.3. The van der Waals surface area contributed by atoms with Gasteiger partial charge in [-0.05, 0) is 154 Å². The molecule has 0 fully saturated rings. The Morgan fingerprint density at radius 1 is 0.389 bits per heavy atom. The summed E-state index contributed by atoms with van der Waals surface area (Å²) in [4.78, 5) is 49.2. The van der Waals surface area contributed by atoms with Crippen LogP contribution in [0.3, 0.4) is 0 Å². The molecule has 13 rings (SSSR count). The molecular weight excluding hydrogens is 1370 g/mol. The topological polar surface area (TPSA) is 326 Å². The Balaban J connectivity index is -0.000000103. The van der Waals surface area contributed by atoms with Gasteiger partial charge in [0, 0.05) is 125 Å². The quantitative estimate of drug-likeness (QED) is 0.142. The number of hydrogen-bond acceptors (Lipinski definition) is 23. The highest BCUT2D eigenvalue weighted by molar-refractivity contribution is 7.05. The van der Waals surface area contributed by atoms with Crippen molar-refractivity contribution in [2.45, 2.75) is 242 Å². The van der Waals surface area contributed by atoms with Crippen LogP contribution in [0.1, 0.15) is 226 Å². The molecule has 0 aliphatic carbocycles. The molecule has 0 bridgehead atoms. The molecule has 0 aliphatic rings. The van der Waals surface area contributed by atoms with Crippen LogP contribution in [-0.4, -0.2) is 119 Å². The van der Waals surface area contributed by atoms with E-state index < -0.39 is 0 Å². The van der Waals surface area contributed by atoms with E-state index in [1.54, 1.807) is 137 Å². The van der Waals surface area contributed by atoms with Crippen LogP contribution in [0.25, 0.3) is 0 Å². The number of imidazole rings is 2. The van der Waals surface area contributed by atoms with Crippen molar-refractivity contribution in [2.75, 3.05) is 0 Å². The van der Waals surface area contributed by atoms with Gasteiger partial charge in [0.1, 0.15) is 47.7 Å². The fourth-order valence-corrected chi connectivity index (χ4v) is 5.16. The number of nitrogens with one attached hydrogen (secondary N) is 2. The highest BCUT2D eigenvalue weighted by Crippen LogP contribution is 1.99. The molecule has 27 heteroatoms. The lowest BCUT2D eigenvalue weighted by atomic mass is 10.3. The molecule has 0 saturated heterocycles. The van der Waals surface area contributed by atoms with E-state index in [0.29, 0.717) is 11.7 Å². The summed E-state index contributed by atoms with van der Waals surface area (Å²) < 4.78 is 16.7. The van der Waals surface area contributed by atoms with Gasteiger partial charge in [0.25, 0.3) is 0 Å². The zero-order valence-electron chi connectivity index (χ0n) is 73.5. The van der Waals surface area contributed by atoms with Gasteiger partial charge in [-0.2, -0.15) is 24.7 Å². The Kier molecular flexibility index (Phi) is 120. The summed E-state index contributed by atoms with van der Waals surface area (Å²) in [7, 11) is 3.81. The predicted molar refractivity (Wildman–Crippen MR) is 455 cm³/mol. The summed E-state index contributed by atoms with van der Waals surface area (Å²) in [5.41, 5.74) is 7.63. The van der Waals surface area contributed by atoms with Gasteiger partial charge in [0.2, 0.25) is 5.89 Å². The zero-order valence-corrected chi connectivity index (χ0v) is 74.3. The van der Waals surface area contributed by atoms with Crippen molar-refractivity contribution < 1.29 is 9.05 Å². The third-order valence-electron chi connectivity index (χ3n) is 8.72. The number of aromatic nitrogens is 24. The van der Waals surface area contributed by atoms with Crippen molar-refractivity contribution in [2.24, 2.45) is 14.1 Å². The molecule has 13 heterocycles. The molecule has 0 aliphatic heterocycles. The van der Waals surface area contributed by atoms with Crippen LogP contribution in [0.5, 0.6) is 0 Å². The molecule has 606 valence electrons. The van der Waals surface area contributed by atoms with E-state index >= 15 is 0 Å². The van der Waals surface area contributed by atoms with E-state index in [9.17, 15) is 0 Å². The predicted octanol–water partition coefficient (Wildman–Crippen LogP) is 21.7. The standard InChI is InChI=1S/3C6H7N.3C5H6N2.C4H6N2O.C4H6N2S.2C4H6N2.C4H5NO.2C3H5N3.11C2H6/c1-6-2-4-7-5-3-6;1-6-3-2-4-7-5-6;1-6-4-2-3-5-7-6;1-5-4-6-2-3-7-5;1-5-6-3-2-4-7-5;1-5-3-2-4-6-7-5;2*1-3-5-4(2)7-6-3;1-4-2-5-3-6-4;1-6-3-2-5-4-6;1-4-2-5-6-3-4;1-6-2-4-5-3-6;1-3-4-2-5-6-3;11*1-2/h3*2-5H,1H3;3*2-4H,1H3;2*1-2H3;2-3H,1H3,(H,5,6);2-4H,1H3;2*2-3H,1H3;2H,1H3,(H,4,5,6);11*1-2H3. The first-order valence-electron chi connectivity index (χ1n) is 37.1. The monoisotopic (exact) mass is 1520 g/mol. The minimum absolute atomic E-state index is 0.623. The molecule has 108 heavy (non-hydrogen) atoms. The molecule has 2 N–H and O–H groups in total. The third kappa shape index (κ3) is 104. The van der Waals surface area contributed by atoms with Crippen LogP contribution in [-0.2, 0) is 14.1 Å². The molecule has 0 spiro atoms. The molecular formula is C81H144N24O2S. The molecule has 0 saturated carbocycles. The van der Waals surface area contributed by atoms with Gasteiger partial charge in [-0.15, -0.1) is 10.2 Å². The number of aromatic amines is 2. The Morgan fingerprint density at radius 3 is 1.12 bits per heavy atom.